The Morgan fingerprint density at radius 3 is 2.67 bits per heavy atom. The maximum absolute atomic E-state index is 10.8. The third kappa shape index (κ3) is 4.71. The molecule has 0 radical (unpaired) electrons. The van der Waals surface area contributed by atoms with Gasteiger partial charge in [0.2, 0.25) is 6.79 Å². The quantitative estimate of drug-likeness (QED) is 0.423. The van der Waals surface area contributed by atoms with Crippen LogP contribution in [0.25, 0.3) is 0 Å². The molecular weight excluding hydrogens is 196 g/mol. The van der Waals surface area contributed by atoms with Crippen LogP contribution in [0.2, 0.25) is 0 Å². The molecule has 1 aromatic rings. The zero-order valence-corrected chi connectivity index (χ0v) is 8.22. The van der Waals surface area contributed by atoms with Gasteiger partial charge in [-0.2, -0.15) is 0 Å². The van der Waals surface area contributed by atoms with E-state index < -0.39 is 6.16 Å². The lowest BCUT2D eigenvalue weighted by Crippen LogP contribution is -2.11. The van der Waals surface area contributed by atoms with E-state index in [9.17, 15) is 4.79 Å². The molecule has 0 N–H and O–H groups in total. The second-order valence-electron chi connectivity index (χ2n) is 2.57. The number of benzene rings is 1. The first-order valence-corrected chi connectivity index (χ1v) is 4.41. The molecule has 0 heterocycles. The molecule has 0 amide bonds. The molecule has 0 aliphatic rings. The number of carbonyl (C=O) groups excluding carboxylic acids is 1. The minimum absolute atomic E-state index is 0.129. The number of rotatable bonds is 5. The maximum atomic E-state index is 10.8. The normalized spacial score (nSPS) is 9.07. The molecule has 4 nitrogen and oxygen atoms in total. The molecule has 0 saturated carbocycles. The summed E-state index contributed by atoms with van der Waals surface area (Å²) in [6, 6.07) is 9.04. The molecule has 0 aromatic heterocycles. The van der Waals surface area contributed by atoms with Crippen LogP contribution in [0.4, 0.5) is 4.79 Å². The fraction of sp³-hybridized carbons (Fsp3) is 0.182. The van der Waals surface area contributed by atoms with Gasteiger partial charge in [-0.3, -0.25) is 0 Å². The van der Waals surface area contributed by atoms with E-state index in [2.05, 4.69) is 16.1 Å². The molecule has 0 spiro atoms. The van der Waals surface area contributed by atoms with Crippen molar-refractivity contribution >= 4 is 6.16 Å². The van der Waals surface area contributed by atoms with Gasteiger partial charge in [0.25, 0.3) is 0 Å². The Kier molecular flexibility index (Phi) is 4.80. The molecule has 15 heavy (non-hydrogen) atoms. The highest BCUT2D eigenvalue weighted by Gasteiger charge is 2.01. The highest BCUT2D eigenvalue weighted by Crippen LogP contribution is 2.07. The van der Waals surface area contributed by atoms with Crippen molar-refractivity contribution in [2.75, 3.05) is 13.4 Å². The third-order valence-corrected chi connectivity index (χ3v) is 1.46. The molecule has 0 aliphatic carbocycles. The van der Waals surface area contributed by atoms with Gasteiger partial charge >= 0.3 is 6.16 Å². The molecule has 1 rings (SSSR count). The van der Waals surface area contributed by atoms with Crippen LogP contribution < -0.4 is 4.74 Å². The van der Waals surface area contributed by atoms with Crippen LogP contribution >= 0.6 is 0 Å². The molecule has 0 bridgehead atoms. The van der Waals surface area contributed by atoms with Crippen molar-refractivity contribution in [1.82, 2.24) is 0 Å². The van der Waals surface area contributed by atoms with E-state index in [0.717, 1.165) is 0 Å². The van der Waals surface area contributed by atoms with Gasteiger partial charge in [0.1, 0.15) is 12.4 Å². The van der Waals surface area contributed by atoms with E-state index in [4.69, 9.17) is 4.74 Å². The van der Waals surface area contributed by atoms with Gasteiger partial charge in [0.15, 0.2) is 0 Å². The van der Waals surface area contributed by atoms with Gasteiger partial charge in [-0.05, 0) is 12.1 Å². The fourth-order valence-electron chi connectivity index (χ4n) is 0.831. The minimum Gasteiger partial charge on any atom is -0.457 e. The van der Waals surface area contributed by atoms with E-state index in [1.165, 1.54) is 6.08 Å². The predicted octanol–water partition coefficient (Wildman–Crippen LogP) is 2.36. The number of hydrogen-bond acceptors (Lipinski definition) is 4. The SMILES string of the molecule is C=CCOC(=O)OCOc1ccccc1. The van der Waals surface area contributed by atoms with E-state index in [-0.39, 0.29) is 13.4 Å². The van der Waals surface area contributed by atoms with Crippen LogP contribution in [-0.2, 0) is 9.47 Å². The van der Waals surface area contributed by atoms with Crippen molar-refractivity contribution in [3.8, 4) is 5.75 Å². The fourth-order valence-corrected chi connectivity index (χ4v) is 0.831. The second-order valence-corrected chi connectivity index (χ2v) is 2.57. The van der Waals surface area contributed by atoms with Gasteiger partial charge in [0.05, 0.1) is 0 Å². The maximum Gasteiger partial charge on any atom is 0.511 e. The van der Waals surface area contributed by atoms with Gasteiger partial charge < -0.3 is 14.2 Å². The molecular formula is C11H12O4. The lowest BCUT2D eigenvalue weighted by atomic mass is 10.3. The van der Waals surface area contributed by atoms with Crippen LogP contribution in [0.5, 0.6) is 5.75 Å². The second kappa shape index (κ2) is 6.48. The largest absolute Gasteiger partial charge is 0.511 e. The van der Waals surface area contributed by atoms with Gasteiger partial charge in [-0.25, -0.2) is 4.79 Å². The Hall–Kier alpha value is -1.97. The average molecular weight is 208 g/mol. The van der Waals surface area contributed by atoms with Crippen molar-refractivity contribution in [3.63, 3.8) is 0 Å². The Bertz CT molecular complexity index is 308. The van der Waals surface area contributed by atoms with Crippen LogP contribution in [0.15, 0.2) is 43.0 Å². The van der Waals surface area contributed by atoms with Crippen molar-refractivity contribution in [2.24, 2.45) is 0 Å². The van der Waals surface area contributed by atoms with Crippen LogP contribution in [0, 0.1) is 0 Å². The summed E-state index contributed by atoms with van der Waals surface area (Å²) in [6.07, 6.45) is 0.685. The standard InChI is InChI=1S/C11H12O4/c1-2-8-13-11(12)15-9-14-10-6-4-3-5-7-10/h2-7H,1,8-9H2. The molecule has 0 atom stereocenters. The first-order chi connectivity index (χ1) is 7.33. The van der Waals surface area contributed by atoms with Crippen molar-refractivity contribution in [1.29, 1.82) is 0 Å². The molecule has 80 valence electrons. The van der Waals surface area contributed by atoms with Crippen LogP contribution in [0.3, 0.4) is 0 Å². The Labute approximate surface area is 88.1 Å². The lowest BCUT2D eigenvalue weighted by Gasteiger charge is -2.06. The molecule has 0 fully saturated rings. The summed E-state index contributed by atoms with van der Waals surface area (Å²) in [5.74, 6) is 0.633. The summed E-state index contributed by atoms with van der Waals surface area (Å²) < 4.78 is 14.3. The number of ether oxygens (including phenoxy) is 3. The molecule has 0 saturated heterocycles. The monoisotopic (exact) mass is 208 g/mol. The highest BCUT2D eigenvalue weighted by atomic mass is 16.8. The molecule has 1 aromatic carbocycles. The Morgan fingerprint density at radius 2 is 2.00 bits per heavy atom. The summed E-state index contributed by atoms with van der Waals surface area (Å²) in [5, 5.41) is 0. The summed E-state index contributed by atoms with van der Waals surface area (Å²) in [6.45, 7) is 3.36. The van der Waals surface area contributed by atoms with Crippen LogP contribution in [0.1, 0.15) is 0 Å². The summed E-state index contributed by atoms with van der Waals surface area (Å²) in [7, 11) is 0. The summed E-state index contributed by atoms with van der Waals surface area (Å²) in [5.41, 5.74) is 0. The van der Waals surface area contributed by atoms with Gasteiger partial charge in [-0.15, -0.1) is 0 Å². The first-order valence-electron chi connectivity index (χ1n) is 4.41. The molecule has 0 unspecified atom stereocenters. The zero-order chi connectivity index (χ0) is 10.9. The Morgan fingerprint density at radius 1 is 1.27 bits per heavy atom. The van der Waals surface area contributed by atoms with Gasteiger partial charge in [-0.1, -0.05) is 30.9 Å². The van der Waals surface area contributed by atoms with Crippen molar-refractivity contribution in [2.45, 2.75) is 0 Å². The number of hydrogen-bond donors (Lipinski definition) is 0. The third-order valence-electron chi connectivity index (χ3n) is 1.46. The highest BCUT2D eigenvalue weighted by molar-refractivity contribution is 5.59. The molecule has 4 heteroatoms. The number of para-hydroxylation sites is 1. The van der Waals surface area contributed by atoms with Crippen molar-refractivity contribution in [3.05, 3.63) is 43.0 Å². The van der Waals surface area contributed by atoms with Gasteiger partial charge in [0, 0.05) is 0 Å². The van der Waals surface area contributed by atoms with Crippen molar-refractivity contribution < 1.29 is 19.0 Å². The predicted molar refractivity (Wildman–Crippen MR) is 54.6 cm³/mol. The lowest BCUT2D eigenvalue weighted by molar-refractivity contribution is 0.00936. The van der Waals surface area contributed by atoms with E-state index in [1.54, 1.807) is 12.1 Å². The zero-order valence-electron chi connectivity index (χ0n) is 8.22. The minimum atomic E-state index is -0.772. The summed E-state index contributed by atoms with van der Waals surface area (Å²) in [4.78, 5) is 10.8. The average Bonchev–Trinajstić information content (AvgIpc) is 2.28. The smallest absolute Gasteiger partial charge is 0.457 e. The first kappa shape index (κ1) is 11.1. The number of carbonyl (C=O) groups is 1. The molecule has 0 aliphatic heterocycles. The van der Waals surface area contributed by atoms with E-state index in [1.807, 2.05) is 18.2 Å². The van der Waals surface area contributed by atoms with E-state index >= 15 is 0 Å². The Balaban J connectivity index is 2.16. The topological polar surface area (TPSA) is 44.8 Å². The summed E-state index contributed by atoms with van der Waals surface area (Å²) >= 11 is 0. The van der Waals surface area contributed by atoms with Crippen LogP contribution in [-0.4, -0.2) is 19.6 Å². The van der Waals surface area contributed by atoms with E-state index in [0.29, 0.717) is 5.75 Å².